The van der Waals surface area contributed by atoms with Crippen molar-refractivity contribution in [3.05, 3.63) is 36.8 Å². The summed E-state index contributed by atoms with van der Waals surface area (Å²) in [4.78, 5) is 15.7. The molecule has 0 bridgehead atoms. The SMILES string of the molecule is CNc1ncc(-c2nc3ccc(N4CCO[C@@H](C)C4)cn3n2)c2cc(N)ncc12. The zero-order valence-electron chi connectivity index (χ0n) is 16.3. The second-order valence-electron chi connectivity index (χ2n) is 7.18. The molecule has 3 N–H and O–H groups in total. The fraction of sp³-hybridized carbons (Fsp3) is 0.300. The Morgan fingerprint density at radius 3 is 2.93 bits per heavy atom. The number of nitrogens with one attached hydrogen (secondary N) is 1. The van der Waals surface area contributed by atoms with Gasteiger partial charge in [0, 0.05) is 48.9 Å². The summed E-state index contributed by atoms with van der Waals surface area (Å²) in [5.41, 5.74) is 8.63. The molecule has 1 saturated heterocycles. The first-order valence-corrected chi connectivity index (χ1v) is 9.58. The standard InChI is InChI=1S/C20H22N8O/c1-12-10-27(5-6-29-12)13-3-4-18-25-20(26-28(18)11-13)16-9-24-19(22-2)15-8-23-17(21)7-14(15)16/h3-4,7-9,11-12H,5-6,10H2,1-2H3,(H2,21,23)(H,22,24)/t12-/m0/s1. The Labute approximate surface area is 167 Å². The van der Waals surface area contributed by atoms with E-state index >= 15 is 0 Å². The smallest absolute Gasteiger partial charge is 0.184 e. The number of hydrogen-bond acceptors (Lipinski definition) is 8. The van der Waals surface area contributed by atoms with Crippen molar-refractivity contribution in [2.75, 3.05) is 42.7 Å². The molecule has 0 amide bonds. The van der Waals surface area contributed by atoms with E-state index in [0.717, 1.165) is 53.2 Å². The van der Waals surface area contributed by atoms with Gasteiger partial charge in [0.25, 0.3) is 0 Å². The highest BCUT2D eigenvalue weighted by atomic mass is 16.5. The van der Waals surface area contributed by atoms with Gasteiger partial charge in [-0.25, -0.2) is 19.5 Å². The minimum absolute atomic E-state index is 0.216. The topological polar surface area (TPSA) is 106 Å². The van der Waals surface area contributed by atoms with E-state index in [4.69, 9.17) is 20.6 Å². The maximum absolute atomic E-state index is 5.94. The van der Waals surface area contributed by atoms with Crippen LogP contribution >= 0.6 is 0 Å². The van der Waals surface area contributed by atoms with Crippen LogP contribution in [0.3, 0.4) is 0 Å². The normalized spacial score (nSPS) is 17.2. The molecule has 1 aliphatic heterocycles. The molecule has 148 valence electrons. The molecule has 4 aromatic heterocycles. The molecule has 9 nitrogen and oxygen atoms in total. The quantitative estimate of drug-likeness (QED) is 0.548. The lowest BCUT2D eigenvalue weighted by Gasteiger charge is -2.32. The van der Waals surface area contributed by atoms with E-state index in [1.165, 1.54) is 0 Å². The molecular formula is C20H22N8O. The van der Waals surface area contributed by atoms with E-state index in [1.807, 2.05) is 29.9 Å². The Morgan fingerprint density at radius 1 is 1.21 bits per heavy atom. The molecule has 0 aliphatic carbocycles. The fourth-order valence-corrected chi connectivity index (χ4v) is 3.75. The number of fused-ring (bicyclic) bond motifs is 2. The first-order valence-electron chi connectivity index (χ1n) is 9.58. The van der Waals surface area contributed by atoms with Crippen LogP contribution in [0.5, 0.6) is 0 Å². The van der Waals surface area contributed by atoms with E-state index in [-0.39, 0.29) is 6.10 Å². The van der Waals surface area contributed by atoms with Gasteiger partial charge in [0.05, 0.1) is 24.6 Å². The summed E-state index contributed by atoms with van der Waals surface area (Å²) in [6.07, 6.45) is 5.72. The van der Waals surface area contributed by atoms with Crippen LogP contribution in [0.15, 0.2) is 36.8 Å². The predicted octanol–water partition coefficient (Wildman–Crippen LogP) is 2.19. The van der Waals surface area contributed by atoms with Gasteiger partial charge in [-0.15, -0.1) is 5.10 Å². The van der Waals surface area contributed by atoms with Gasteiger partial charge in [-0.05, 0) is 25.1 Å². The Hall–Kier alpha value is -3.46. The fourth-order valence-electron chi connectivity index (χ4n) is 3.75. The molecule has 5 heterocycles. The van der Waals surface area contributed by atoms with Crippen molar-refractivity contribution in [3.8, 4) is 11.4 Å². The number of morpholine rings is 1. The second kappa shape index (κ2) is 6.85. The van der Waals surface area contributed by atoms with E-state index < -0.39 is 0 Å². The van der Waals surface area contributed by atoms with Crippen LogP contribution in [0.25, 0.3) is 27.8 Å². The van der Waals surface area contributed by atoms with Crippen LogP contribution < -0.4 is 16.0 Å². The highest BCUT2D eigenvalue weighted by Crippen LogP contribution is 2.31. The van der Waals surface area contributed by atoms with Gasteiger partial charge in [-0.1, -0.05) is 0 Å². The van der Waals surface area contributed by atoms with Gasteiger partial charge in [0.1, 0.15) is 11.6 Å². The summed E-state index contributed by atoms with van der Waals surface area (Å²) in [5, 5.41) is 9.60. The van der Waals surface area contributed by atoms with Crippen LogP contribution in [0.4, 0.5) is 17.3 Å². The number of anilines is 3. The molecule has 0 saturated carbocycles. The van der Waals surface area contributed by atoms with Crippen LogP contribution in [0.2, 0.25) is 0 Å². The van der Waals surface area contributed by atoms with Crippen molar-refractivity contribution in [1.82, 2.24) is 24.6 Å². The lowest BCUT2D eigenvalue weighted by Crippen LogP contribution is -2.41. The third-order valence-corrected chi connectivity index (χ3v) is 5.19. The Kier molecular flexibility index (Phi) is 4.17. The van der Waals surface area contributed by atoms with Crippen molar-refractivity contribution in [3.63, 3.8) is 0 Å². The number of pyridine rings is 3. The highest BCUT2D eigenvalue weighted by Gasteiger charge is 2.19. The molecular weight excluding hydrogens is 368 g/mol. The number of nitrogen functional groups attached to an aromatic ring is 1. The van der Waals surface area contributed by atoms with Gasteiger partial charge in [0.2, 0.25) is 0 Å². The number of aromatic nitrogens is 5. The lowest BCUT2D eigenvalue weighted by molar-refractivity contribution is 0.0532. The third-order valence-electron chi connectivity index (χ3n) is 5.19. The summed E-state index contributed by atoms with van der Waals surface area (Å²) in [6.45, 7) is 4.54. The number of nitrogens with two attached hydrogens (primary N) is 1. The first kappa shape index (κ1) is 17.6. The molecule has 9 heteroatoms. The van der Waals surface area contributed by atoms with Crippen molar-refractivity contribution in [1.29, 1.82) is 0 Å². The molecule has 4 aromatic rings. The van der Waals surface area contributed by atoms with E-state index in [9.17, 15) is 0 Å². The molecule has 0 aromatic carbocycles. The molecule has 1 atom stereocenters. The van der Waals surface area contributed by atoms with E-state index in [2.05, 4.69) is 33.2 Å². The second-order valence-corrected chi connectivity index (χ2v) is 7.18. The molecule has 29 heavy (non-hydrogen) atoms. The average molecular weight is 390 g/mol. The summed E-state index contributed by atoms with van der Waals surface area (Å²) < 4.78 is 7.46. The Bertz CT molecular complexity index is 1200. The maximum Gasteiger partial charge on any atom is 0.184 e. The summed E-state index contributed by atoms with van der Waals surface area (Å²) in [5.74, 6) is 1.78. The van der Waals surface area contributed by atoms with Gasteiger partial charge in [-0.3, -0.25) is 0 Å². The lowest BCUT2D eigenvalue weighted by atomic mass is 10.1. The van der Waals surface area contributed by atoms with Gasteiger partial charge in [-0.2, -0.15) is 0 Å². The Balaban J connectivity index is 1.60. The molecule has 1 fully saturated rings. The first-order chi connectivity index (χ1) is 14.1. The number of rotatable bonds is 3. The zero-order chi connectivity index (χ0) is 20.0. The monoisotopic (exact) mass is 390 g/mol. The number of nitrogens with zero attached hydrogens (tertiary/aromatic N) is 6. The zero-order valence-corrected chi connectivity index (χ0v) is 16.3. The van der Waals surface area contributed by atoms with Crippen molar-refractivity contribution < 1.29 is 4.74 Å². The van der Waals surface area contributed by atoms with E-state index in [1.54, 1.807) is 12.4 Å². The summed E-state index contributed by atoms with van der Waals surface area (Å²) in [7, 11) is 1.83. The minimum Gasteiger partial charge on any atom is -0.384 e. The molecule has 0 radical (unpaired) electrons. The van der Waals surface area contributed by atoms with Crippen LogP contribution in [-0.4, -0.2) is 57.4 Å². The van der Waals surface area contributed by atoms with Crippen molar-refractivity contribution >= 4 is 33.7 Å². The predicted molar refractivity (Wildman–Crippen MR) is 113 cm³/mol. The number of ether oxygens (including phenoxy) is 1. The van der Waals surface area contributed by atoms with Gasteiger partial charge < -0.3 is 20.7 Å². The maximum atomic E-state index is 5.94. The van der Waals surface area contributed by atoms with Gasteiger partial charge in [0.15, 0.2) is 11.5 Å². The minimum atomic E-state index is 0.216. The average Bonchev–Trinajstić information content (AvgIpc) is 3.15. The molecule has 1 aliphatic rings. The third kappa shape index (κ3) is 3.09. The molecule has 0 unspecified atom stereocenters. The van der Waals surface area contributed by atoms with Crippen LogP contribution in [0, 0.1) is 0 Å². The Morgan fingerprint density at radius 2 is 2.10 bits per heavy atom. The van der Waals surface area contributed by atoms with E-state index in [0.29, 0.717) is 11.6 Å². The molecule has 5 rings (SSSR count). The van der Waals surface area contributed by atoms with Crippen LogP contribution in [0.1, 0.15) is 6.92 Å². The van der Waals surface area contributed by atoms with Crippen molar-refractivity contribution in [2.24, 2.45) is 0 Å². The van der Waals surface area contributed by atoms with Crippen LogP contribution in [-0.2, 0) is 4.74 Å². The summed E-state index contributed by atoms with van der Waals surface area (Å²) in [6, 6.07) is 5.90. The van der Waals surface area contributed by atoms with Crippen molar-refractivity contribution in [2.45, 2.75) is 13.0 Å². The highest BCUT2D eigenvalue weighted by molar-refractivity contribution is 6.01. The summed E-state index contributed by atoms with van der Waals surface area (Å²) >= 11 is 0. The number of hydrogen-bond donors (Lipinski definition) is 2. The van der Waals surface area contributed by atoms with Gasteiger partial charge >= 0.3 is 0 Å². The molecule has 0 spiro atoms. The largest absolute Gasteiger partial charge is 0.384 e.